The number of alkyl halides is 6. The Morgan fingerprint density at radius 2 is 1.53 bits per heavy atom. The predicted molar refractivity (Wildman–Crippen MR) is 103 cm³/mol. The highest BCUT2D eigenvalue weighted by Gasteiger charge is 2.37. The van der Waals surface area contributed by atoms with Crippen molar-refractivity contribution in [3.63, 3.8) is 0 Å². The zero-order valence-electron chi connectivity index (χ0n) is 16.6. The molecule has 2 heterocycles. The lowest BCUT2D eigenvalue weighted by atomic mass is 9.95. The van der Waals surface area contributed by atoms with E-state index in [2.05, 4.69) is 15.5 Å². The van der Waals surface area contributed by atoms with Crippen molar-refractivity contribution in [2.24, 2.45) is 0 Å². The van der Waals surface area contributed by atoms with Crippen molar-refractivity contribution in [1.82, 2.24) is 19.9 Å². The van der Waals surface area contributed by atoms with Crippen LogP contribution in [0, 0.1) is 0 Å². The van der Waals surface area contributed by atoms with Gasteiger partial charge in [0.1, 0.15) is 0 Å². The van der Waals surface area contributed by atoms with E-state index in [4.69, 9.17) is 0 Å². The number of pyridine rings is 1. The standard InChI is InChI=1S/C21H18F6N4O/c22-20(23,24)14-8-13(9-15(10-14)21(25,26)27)18-30-29-17-7-6-12(11-31(17)18)19(32)28-16-4-2-1-3-5-16/h6-11,16H,1-5H2,(H,28,32). The summed E-state index contributed by atoms with van der Waals surface area (Å²) in [6.45, 7) is 0. The van der Waals surface area contributed by atoms with Crippen LogP contribution in [0.5, 0.6) is 0 Å². The van der Waals surface area contributed by atoms with E-state index in [1.54, 1.807) is 0 Å². The van der Waals surface area contributed by atoms with Crippen molar-refractivity contribution in [1.29, 1.82) is 0 Å². The van der Waals surface area contributed by atoms with Gasteiger partial charge in [0.2, 0.25) is 0 Å². The van der Waals surface area contributed by atoms with Gasteiger partial charge in [0.15, 0.2) is 11.5 Å². The number of hydrogen-bond acceptors (Lipinski definition) is 3. The van der Waals surface area contributed by atoms with E-state index in [0.717, 1.165) is 32.1 Å². The van der Waals surface area contributed by atoms with Crippen LogP contribution < -0.4 is 5.32 Å². The van der Waals surface area contributed by atoms with Crippen molar-refractivity contribution in [2.45, 2.75) is 50.5 Å². The monoisotopic (exact) mass is 456 g/mol. The summed E-state index contributed by atoms with van der Waals surface area (Å²) in [5.41, 5.74) is -2.94. The maximum absolute atomic E-state index is 13.2. The molecule has 32 heavy (non-hydrogen) atoms. The number of benzene rings is 1. The summed E-state index contributed by atoms with van der Waals surface area (Å²) < 4.78 is 80.5. The van der Waals surface area contributed by atoms with E-state index in [-0.39, 0.29) is 35.1 Å². The highest BCUT2D eigenvalue weighted by atomic mass is 19.4. The number of halogens is 6. The van der Waals surface area contributed by atoms with Crippen LogP contribution in [0.1, 0.15) is 53.6 Å². The fourth-order valence-corrected chi connectivity index (χ4v) is 3.82. The molecule has 0 aliphatic heterocycles. The Morgan fingerprint density at radius 1 is 0.906 bits per heavy atom. The number of nitrogens with zero attached hydrogens (tertiary/aromatic N) is 3. The van der Waals surface area contributed by atoms with Crippen LogP contribution in [-0.2, 0) is 12.4 Å². The Labute approximate surface area is 178 Å². The van der Waals surface area contributed by atoms with Gasteiger partial charge in [-0.15, -0.1) is 10.2 Å². The lowest BCUT2D eigenvalue weighted by Crippen LogP contribution is -2.36. The molecule has 1 aliphatic rings. The van der Waals surface area contributed by atoms with Gasteiger partial charge in [-0.25, -0.2) is 0 Å². The summed E-state index contributed by atoms with van der Waals surface area (Å²) in [5, 5.41) is 10.5. The second kappa shape index (κ2) is 8.10. The molecule has 0 unspecified atom stereocenters. The normalized spacial score (nSPS) is 15.8. The molecule has 0 radical (unpaired) electrons. The third-order valence-corrected chi connectivity index (χ3v) is 5.45. The topological polar surface area (TPSA) is 59.3 Å². The minimum atomic E-state index is -4.98. The molecule has 1 fully saturated rings. The number of carbonyl (C=O) groups is 1. The first-order valence-electron chi connectivity index (χ1n) is 9.98. The van der Waals surface area contributed by atoms with E-state index < -0.39 is 29.0 Å². The van der Waals surface area contributed by atoms with Gasteiger partial charge in [-0.1, -0.05) is 19.3 Å². The molecule has 1 amide bonds. The summed E-state index contributed by atoms with van der Waals surface area (Å²) >= 11 is 0. The summed E-state index contributed by atoms with van der Waals surface area (Å²) in [4.78, 5) is 12.6. The lowest BCUT2D eigenvalue weighted by molar-refractivity contribution is -0.143. The molecule has 1 aliphatic carbocycles. The van der Waals surface area contributed by atoms with Gasteiger partial charge >= 0.3 is 12.4 Å². The van der Waals surface area contributed by atoms with E-state index in [1.807, 2.05) is 0 Å². The highest BCUT2D eigenvalue weighted by Crippen LogP contribution is 2.38. The third-order valence-electron chi connectivity index (χ3n) is 5.45. The molecule has 3 aromatic rings. The Hall–Kier alpha value is -3.11. The Morgan fingerprint density at radius 3 is 2.12 bits per heavy atom. The molecule has 0 atom stereocenters. The van der Waals surface area contributed by atoms with Gasteiger partial charge in [-0.05, 0) is 43.2 Å². The van der Waals surface area contributed by atoms with E-state index in [9.17, 15) is 31.1 Å². The number of hydrogen-bond donors (Lipinski definition) is 1. The number of aromatic nitrogens is 3. The van der Waals surface area contributed by atoms with Crippen molar-refractivity contribution in [2.75, 3.05) is 0 Å². The van der Waals surface area contributed by atoms with E-state index in [1.165, 1.54) is 22.7 Å². The van der Waals surface area contributed by atoms with Gasteiger partial charge in [-0.3, -0.25) is 9.20 Å². The molecule has 0 bridgehead atoms. The molecule has 1 aromatic carbocycles. The zero-order chi connectivity index (χ0) is 23.1. The third kappa shape index (κ3) is 4.56. The average molecular weight is 456 g/mol. The first-order chi connectivity index (χ1) is 15.0. The number of fused-ring (bicyclic) bond motifs is 1. The predicted octanol–water partition coefficient (Wildman–Crippen LogP) is 5.50. The maximum atomic E-state index is 13.2. The van der Waals surface area contributed by atoms with Gasteiger partial charge in [-0.2, -0.15) is 26.3 Å². The van der Waals surface area contributed by atoms with Gasteiger partial charge in [0, 0.05) is 17.8 Å². The molecule has 2 aromatic heterocycles. The number of rotatable bonds is 3. The maximum Gasteiger partial charge on any atom is 0.416 e. The van der Waals surface area contributed by atoms with Crippen LogP contribution in [0.25, 0.3) is 17.0 Å². The summed E-state index contributed by atoms with van der Waals surface area (Å²) in [6, 6.07) is 4.17. The first-order valence-corrected chi connectivity index (χ1v) is 9.98. The molecule has 1 saturated carbocycles. The number of amides is 1. The molecule has 5 nitrogen and oxygen atoms in total. The van der Waals surface area contributed by atoms with Gasteiger partial charge in [0.25, 0.3) is 5.91 Å². The number of nitrogens with one attached hydrogen (secondary N) is 1. The fourth-order valence-electron chi connectivity index (χ4n) is 3.82. The van der Waals surface area contributed by atoms with Crippen LogP contribution >= 0.6 is 0 Å². The largest absolute Gasteiger partial charge is 0.416 e. The van der Waals surface area contributed by atoms with E-state index in [0.29, 0.717) is 12.1 Å². The second-order valence-corrected chi connectivity index (χ2v) is 7.77. The molecular weight excluding hydrogens is 438 g/mol. The Balaban J connectivity index is 1.75. The van der Waals surface area contributed by atoms with Crippen LogP contribution in [-0.4, -0.2) is 26.5 Å². The molecule has 4 rings (SSSR count). The van der Waals surface area contributed by atoms with Crippen LogP contribution in [0.3, 0.4) is 0 Å². The molecule has 170 valence electrons. The van der Waals surface area contributed by atoms with Crippen LogP contribution in [0.15, 0.2) is 36.5 Å². The van der Waals surface area contributed by atoms with Gasteiger partial charge in [0.05, 0.1) is 16.7 Å². The van der Waals surface area contributed by atoms with Crippen LogP contribution in [0.4, 0.5) is 26.3 Å². The molecule has 1 N–H and O–H groups in total. The second-order valence-electron chi connectivity index (χ2n) is 7.77. The van der Waals surface area contributed by atoms with E-state index >= 15 is 0 Å². The molecule has 0 spiro atoms. The first kappa shape index (κ1) is 22.1. The summed E-state index contributed by atoms with van der Waals surface area (Å²) in [5.74, 6) is -0.609. The number of carbonyl (C=O) groups excluding carboxylic acids is 1. The van der Waals surface area contributed by atoms with Crippen molar-refractivity contribution in [3.05, 3.63) is 53.2 Å². The zero-order valence-corrected chi connectivity index (χ0v) is 16.6. The SMILES string of the molecule is O=C(NC1CCCCC1)c1ccc2nnc(-c3cc(C(F)(F)F)cc(C(F)(F)F)c3)n2c1. The summed E-state index contributed by atoms with van der Waals surface area (Å²) in [7, 11) is 0. The van der Waals surface area contributed by atoms with Gasteiger partial charge < -0.3 is 5.32 Å². The van der Waals surface area contributed by atoms with Crippen molar-refractivity contribution in [3.8, 4) is 11.4 Å². The average Bonchev–Trinajstić information content (AvgIpc) is 3.16. The highest BCUT2D eigenvalue weighted by molar-refractivity contribution is 5.94. The summed E-state index contributed by atoms with van der Waals surface area (Å²) in [6.07, 6.45) is -3.81. The molecular formula is C21H18F6N4O. The molecule has 11 heteroatoms. The molecule has 0 saturated heterocycles. The lowest BCUT2D eigenvalue weighted by Gasteiger charge is -2.22. The minimum Gasteiger partial charge on any atom is -0.349 e. The quantitative estimate of drug-likeness (QED) is 0.530. The smallest absolute Gasteiger partial charge is 0.349 e. The Bertz CT molecular complexity index is 1110. The van der Waals surface area contributed by atoms with Crippen LogP contribution in [0.2, 0.25) is 0 Å². The Kier molecular flexibility index (Phi) is 5.59. The fraction of sp³-hybridized carbons (Fsp3) is 0.381. The minimum absolute atomic E-state index is 0.0325. The van der Waals surface area contributed by atoms with Crippen molar-refractivity contribution < 1.29 is 31.1 Å². The van der Waals surface area contributed by atoms with Crippen molar-refractivity contribution >= 4 is 11.6 Å².